The van der Waals surface area contributed by atoms with E-state index in [9.17, 15) is 0 Å². The molecule has 0 heterocycles. The normalized spacial score (nSPS) is 17.9. The number of anilines is 1. The zero-order valence-electron chi connectivity index (χ0n) is 11.2. The Morgan fingerprint density at radius 2 is 1.83 bits per heavy atom. The van der Waals surface area contributed by atoms with E-state index in [1.165, 1.54) is 44.1 Å². The van der Waals surface area contributed by atoms with Gasteiger partial charge in [-0.25, -0.2) is 0 Å². The first-order valence-corrected chi connectivity index (χ1v) is 7.69. The zero-order chi connectivity index (χ0) is 13.0. The van der Waals surface area contributed by atoms with Crippen molar-refractivity contribution in [2.45, 2.75) is 51.1 Å². The Morgan fingerprint density at radius 3 is 2.44 bits per heavy atom. The highest BCUT2D eigenvalue weighted by molar-refractivity contribution is 9.10. The van der Waals surface area contributed by atoms with E-state index in [4.69, 9.17) is 5.73 Å². The topological polar surface area (TPSA) is 29.3 Å². The van der Waals surface area contributed by atoms with Crippen molar-refractivity contribution in [3.05, 3.63) is 28.2 Å². The summed E-state index contributed by atoms with van der Waals surface area (Å²) in [4.78, 5) is 2.49. The molecule has 1 fully saturated rings. The molecule has 3 heteroatoms. The second-order valence-corrected chi connectivity index (χ2v) is 6.37. The molecule has 1 aliphatic rings. The molecule has 0 bridgehead atoms. The van der Waals surface area contributed by atoms with Crippen LogP contribution in [0.4, 0.5) is 5.69 Å². The van der Waals surface area contributed by atoms with Gasteiger partial charge in [0.15, 0.2) is 0 Å². The SMILES string of the molecule is CN(Cc1cc(N)cc(Br)c1)C1CCCCCC1. The second-order valence-electron chi connectivity index (χ2n) is 5.45. The minimum Gasteiger partial charge on any atom is -0.399 e. The van der Waals surface area contributed by atoms with Crippen LogP contribution < -0.4 is 5.73 Å². The van der Waals surface area contributed by atoms with Crippen LogP contribution in [0, 0.1) is 0 Å². The molecule has 0 aromatic heterocycles. The third kappa shape index (κ3) is 3.99. The van der Waals surface area contributed by atoms with Gasteiger partial charge in [-0.15, -0.1) is 0 Å². The van der Waals surface area contributed by atoms with E-state index >= 15 is 0 Å². The fourth-order valence-corrected chi connectivity index (χ4v) is 3.44. The first-order valence-electron chi connectivity index (χ1n) is 6.90. The number of nitrogens with zero attached hydrogens (tertiary/aromatic N) is 1. The fourth-order valence-electron chi connectivity index (χ4n) is 2.88. The second kappa shape index (κ2) is 6.58. The van der Waals surface area contributed by atoms with E-state index in [0.29, 0.717) is 0 Å². The van der Waals surface area contributed by atoms with Crippen molar-refractivity contribution in [2.24, 2.45) is 0 Å². The summed E-state index contributed by atoms with van der Waals surface area (Å²) in [7, 11) is 2.24. The molecule has 0 saturated heterocycles. The van der Waals surface area contributed by atoms with E-state index in [-0.39, 0.29) is 0 Å². The predicted octanol–water partition coefficient (Wildman–Crippen LogP) is 4.19. The highest BCUT2D eigenvalue weighted by atomic mass is 79.9. The van der Waals surface area contributed by atoms with E-state index in [1.807, 2.05) is 6.07 Å². The molecule has 1 aromatic rings. The number of nitrogen functional groups attached to an aromatic ring is 1. The molecular formula is C15H23BrN2. The lowest BCUT2D eigenvalue weighted by Crippen LogP contribution is -2.30. The quantitative estimate of drug-likeness (QED) is 0.670. The van der Waals surface area contributed by atoms with Gasteiger partial charge in [-0.2, -0.15) is 0 Å². The van der Waals surface area contributed by atoms with Crippen molar-refractivity contribution >= 4 is 21.6 Å². The van der Waals surface area contributed by atoms with Gasteiger partial charge in [0.2, 0.25) is 0 Å². The van der Waals surface area contributed by atoms with Crippen LogP contribution in [0.25, 0.3) is 0 Å². The van der Waals surface area contributed by atoms with Gasteiger partial charge in [-0.3, -0.25) is 4.90 Å². The highest BCUT2D eigenvalue weighted by Gasteiger charge is 2.17. The van der Waals surface area contributed by atoms with E-state index < -0.39 is 0 Å². The number of benzene rings is 1. The smallest absolute Gasteiger partial charge is 0.0328 e. The van der Waals surface area contributed by atoms with Crippen LogP contribution >= 0.6 is 15.9 Å². The number of hydrogen-bond donors (Lipinski definition) is 1. The molecule has 0 unspecified atom stereocenters. The third-order valence-corrected chi connectivity index (χ3v) is 4.32. The van der Waals surface area contributed by atoms with E-state index in [1.54, 1.807) is 0 Å². The number of hydrogen-bond acceptors (Lipinski definition) is 2. The number of nitrogens with two attached hydrogens (primary N) is 1. The summed E-state index contributed by atoms with van der Waals surface area (Å²) in [6, 6.07) is 6.95. The molecule has 0 amide bonds. The van der Waals surface area contributed by atoms with Crippen LogP contribution in [0.2, 0.25) is 0 Å². The lowest BCUT2D eigenvalue weighted by Gasteiger charge is -2.27. The number of rotatable bonds is 3. The van der Waals surface area contributed by atoms with Crippen LogP contribution in [0.15, 0.2) is 22.7 Å². The van der Waals surface area contributed by atoms with Gasteiger partial charge in [-0.1, -0.05) is 41.6 Å². The Hall–Kier alpha value is -0.540. The van der Waals surface area contributed by atoms with Crippen LogP contribution in [0.3, 0.4) is 0 Å². The van der Waals surface area contributed by atoms with Crippen molar-refractivity contribution in [1.29, 1.82) is 0 Å². The number of halogens is 1. The average Bonchev–Trinajstić information content (AvgIpc) is 2.55. The molecule has 1 aromatic carbocycles. The average molecular weight is 311 g/mol. The van der Waals surface area contributed by atoms with Gasteiger partial charge in [0.05, 0.1) is 0 Å². The van der Waals surface area contributed by atoms with Crippen LogP contribution in [0.5, 0.6) is 0 Å². The zero-order valence-corrected chi connectivity index (χ0v) is 12.7. The summed E-state index contributed by atoms with van der Waals surface area (Å²) in [6.07, 6.45) is 8.29. The Morgan fingerprint density at radius 1 is 1.17 bits per heavy atom. The molecule has 18 heavy (non-hydrogen) atoms. The molecule has 0 atom stereocenters. The largest absolute Gasteiger partial charge is 0.399 e. The fraction of sp³-hybridized carbons (Fsp3) is 0.600. The molecule has 0 aliphatic heterocycles. The first-order chi connectivity index (χ1) is 8.65. The summed E-state index contributed by atoms with van der Waals surface area (Å²) >= 11 is 3.51. The molecule has 2 rings (SSSR count). The summed E-state index contributed by atoms with van der Waals surface area (Å²) in [6.45, 7) is 0.994. The maximum absolute atomic E-state index is 5.89. The van der Waals surface area contributed by atoms with Crippen molar-refractivity contribution in [3.8, 4) is 0 Å². The van der Waals surface area contributed by atoms with Gasteiger partial charge in [-0.05, 0) is 43.7 Å². The van der Waals surface area contributed by atoms with Gasteiger partial charge in [0.25, 0.3) is 0 Å². The summed E-state index contributed by atoms with van der Waals surface area (Å²) < 4.78 is 1.08. The van der Waals surface area contributed by atoms with Crippen LogP contribution in [-0.2, 0) is 6.54 Å². The lowest BCUT2D eigenvalue weighted by molar-refractivity contribution is 0.213. The molecule has 1 saturated carbocycles. The van der Waals surface area contributed by atoms with Crippen molar-refractivity contribution in [2.75, 3.05) is 12.8 Å². The van der Waals surface area contributed by atoms with Gasteiger partial charge >= 0.3 is 0 Å². The molecular weight excluding hydrogens is 288 g/mol. The highest BCUT2D eigenvalue weighted by Crippen LogP contribution is 2.24. The maximum atomic E-state index is 5.89. The molecule has 0 spiro atoms. The first kappa shape index (κ1) is 13.9. The molecule has 1 aliphatic carbocycles. The van der Waals surface area contributed by atoms with Crippen LogP contribution in [-0.4, -0.2) is 18.0 Å². The monoisotopic (exact) mass is 310 g/mol. The lowest BCUT2D eigenvalue weighted by atomic mass is 10.1. The minimum absolute atomic E-state index is 0.743. The molecule has 0 radical (unpaired) electrons. The van der Waals surface area contributed by atoms with E-state index in [0.717, 1.165) is 22.7 Å². The Bertz CT molecular complexity index is 364. The third-order valence-electron chi connectivity index (χ3n) is 3.86. The molecule has 2 N–H and O–H groups in total. The van der Waals surface area contributed by atoms with E-state index in [2.05, 4.69) is 40.0 Å². The van der Waals surface area contributed by atoms with Crippen molar-refractivity contribution in [3.63, 3.8) is 0 Å². The Kier molecular flexibility index (Phi) is 5.07. The van der Waals surface area contributed by atoms with Crippen LogP contribution in [0.1, 0.15) is 44.1 Å². The van der Waals surface area contributed by atoms with Crippen molar-refractivity contribution in [1.82, 2.24) is 4.90 Å². The van der Waals surface area contributed by atoms with Crippen molar-refractivity contribution < 1.29 is 0 Å². The van der Waals surface area contributed by atoms with Gasteiger partial charge in [0.1, 0.15) is 0 Å². The Labute approximate surface area is 119 Å². The standard InChI is InChI=1S/C15H23BrN2/c1-18(15-6-4-2-3-5-7-15)11-12-8-13(16)10-14(17)9-12/h8-10,15H,2-7,11,17H2,1H3. The maximum Gasteiger partial charge on any atom is 0.0328 e. The predicted molar refractivity (Wildman–Crippen MR) is 81.5 cm³/mol. The van der Waals surface area contributed by atoms with Gasteiger partial charge < -0.3 is 5.73 Å². The summed E-state index contributed by atoms with van der Waals surface area (Å²) in [5.41, 5.74) is 8.03. The Balaban J connectivity index is 1.98. The molecule has 2 nitrogen and oxygen atoms in total. The van der Waals surface area contributed by atoms with Gasteiger partial charge in [0, 0.05) is 22.7 Å². The summed E-state index contributed by atoms with van der Waals surface area (Å²) in [5, 5.41) is 0. The minimum atomic E-state index is 0.743. The summed E-state index contributed by atoms with van der Waals surface area (Å²) in [5.74, 6) is 0. The molecule has 100 valence electrons.